The largest absolute Gasteiger partial charge is 0.353 e. The van der Waals surface area contributed by atoms with E-state index in [0.717, 1.165) is 30.9 Å². The molecule has 2 atom stereocenters. The van der Waals surface area contributed by atoms with Crippen molar-refractivity contribution in [2.24, 2.45) is 12.8 Å². The van der Waals surface area contributed by atoms with E-state index in [0.29, 0.717) is 11.6 Å². The molecular weight excluding hydrogens is 214 g/mol. The molecule has 0 bridgehead atoms. The molecule has 0 aliphatic carbocycles. The molecular formula is C12H19N5. The molecule has 0 saturated carbocycles. The van der Waals surface area contributed by atoms with E-state index in [1.54, 1.807) is 4.68 Å². The van der Waals surface area contributed by atoms with Gasteiger partial charge in [0.1, 0.15) is 17.5 Å². The Kier molecular flexibility index (Phi) is 3.07. The number of piperidine rings is 1. The lowest BCUT2D eigenvalue weighted by Gasteiger charge is -2.37. The summed E-state index contributed by atoms with van der Waals surface area (Å²) in [6.45, 7) is 4.93. The molecule has 1 aromatic rings. The van der Waals surface area contributed by atoms with Gasteiger partial charge >= 0.3 is 0 Å². The highest BCUT2D eigenvalue weighted by molar-refractivity contribution is 5.57. The third kappa shape index (κ3) is 2.01. The van der Waals surface area contributed by atoms with E-state index >= 15 is 0 Å². The number of aromatic nitrogens is 2. The van der Waals surface area contributed by atoms with E-state index in [1.807, 2.05) is 14.0 Å². The molecule has 0 spiro atoms. The fraction of sp³-hybridized carbons (Fsp3) is 0.667. The molecule has 0 amide bonds. The van der Waals surface area contributed by atoms with Gasteiger partial charge in [-0.15, -0.1) is 0 Å². The van der Waals surface area contributed by atoms with Gasteiger partial charge in [0.2, 0.25) is 0 Å². The summed E-state index contributed by atoms with van der Waals surface area (Å²) >= 11 is 0. The third-order valence-corrected chi connectivity index (χ3v) is 3.49. The van der Waals surface area contributed by atoms with Crippen molar-refractivity contribution in [3.05, 3.63) is 11.3 Å². The van der Waals surface area contributed by atoms with E-state index in [2.05, 4.69) is 23.0 Å². The van der Waals surface area contributed by atoms with Crippen LogP contribution in [-0.2, 0) is 7.05 Å². The molecule has 2 unspecified atom stereocenters. The van der Waals surface area contributed by atoms with Crippen molar-refractivity contribution in [1.29, 1.82) is 5.26 Å². The van der Waals surface area contributed by atoms with Gasteiger partial charge in [-0.2, -0.15) is 10.4 Å². The number of nitriles is 1. The first-order valence-corrected chi connectivity index (χ1v) is 6.00. The molecule has 1 aliphatic rings. The molecule has 1 aromatic heterocycles. The van der Waals surface area contributed by atoms with Gasteiger partial charge in [-0.25, -0.2) is 0 Å². The summed E-state index contributed by atoms with van der Waals surface area (Å²) in [5.41, 5.74) is 7.45. The zero-order valence-electron chi connectivity index (χ0n) is 10.6. The summed E-state index contributed by atoms with van der Waals surface area (Å²) in [5, 5.41) is 13.6. The lowest BCUT2D eigenvalue weighted by Crippen LogP contribution is -2.46. The first-order chi connectivity index (χ1) is 8.04. The number of anilines is 1. The average Bonchev–Trinajstić information content (AvgIpc) is 2.53. The smallest absolute Gasteiger partial charge is 0.145 e. The minimum Gasteiger partial charge on any atom is -0.353 e. The molecule has 0 aromatic carbocycles. The third-order valence-electron chi connectivity index (χ3n) is 3.49. The van der Waals surface area contributed by atoms with Gasteiger partial charge in [0, 0.05) is 25.7 Å². The van der Waals surface area contributed by atoms with Crippen molar-refractivity contribution in [3.63, 3.8) is 0 Å². The maximum Gasteiger partial charge on any atom is 0.145 e. The average molecular weight is 233 g/mol. The summed E-state index contributed by atoms with van der Waals surface area (Å²) < 4.78 is 1.81. The Morgan fingerprint density at radius 3 is 2.82 bits per heavy atom. The SMILES string of the molecule is Cc1nn(C)c(N2CCC(N)CC2C)c1C#N. The summed E-state index contributed by atoms with van der Waals surface area (Å²) in [6, 6.07) is 2.90. The monoisotopic (exact) mass is 233 g/mol. The summed E-state index contributed by atoms with van der Waals surface area (Å²) in [5.74, 6) is 0.935. The predicted molar refractivity (Wildman–Crippen MR) is 66.7 cm³/mol. The van der Waals surface area contributed by atoms with Gasteiger partial charge in [0.15, 0.2) is 0 Å². The number of aryl methyl sites for hydroxylation is 2. The van der Waals surface area contributed by atoms with E-state index in [-0.39, 0.29) is 6.04 Å². The van der Waals surface area contributed by atoms with E-state index in [9.17, 15) is 5.26 Å². The minimum atomic E-state index is 0.279. The Morgan fingerprint density at radius 1 is 1.53 bits per heavy atom. The number of hydrogen-bond donors (Lipinski definition) is 1. The predicted octanol–water partition coefficient (Wildman–Crippen LogP) is 0.916. The first kappa shape index (κ1) is 11.9. The van der Waals surface area contributed by atoms with Crippen LogP contribution >= 0.6 is 0 Å². The highest BCUT2D eigenvalue weighted by Gasteiger charge is 2.28. The van der Waals surface area contributed by atoms with Crippen LogP contribution in [0.1, 0.15) is 31.0 Å². The second-order valence-corrected chi connectivity index (χ2v) is 4.85. The Bertz CT molecular complexity index is 456. The number of nitrogens with zero attached hydrogens (tertiary/aromatic N) is 4. The van der Waals surface area contributed by atoms with Crippen LogP contribution in [0.5, 0.6) is 0 Å². The van der Waals surface area contributed by atoms with E-state index in [4.69, 9.17) is 5.73 Å². The Labute approximate surface area is 102 Å². The van der Waals surface area contributed by atoms with E-state index in [1.165, 1.54) is 0 Å². The highest BCUT2D eigenvalue weighted by atomic mass is 15.4. The summed E-state index contributed by atoms with van der Waals surface area (Å²) in [6.07, 6.45) is 1.94. The lowest BCUT2D eigenvalue weighted by atomic mass is 9.99. The number of hydrogen-bond acceptors (Lipinski definition) is 4. The van der Waals surface area contributed by atoms with Crippen LogP contribution in [-0.4, -0.2) is 28.4 Å². The summed E-state index contributed by atoms with van der Waals surface area (Å²) in [7, 11) is 1.89. The molecule has 0 radical (unpaired) electrons. The molecule has 1 aliphatic heterocycles. The van der Waals surface area contributed by atoms with Crippen molar-refractivity contribution >= 4 is 5.82 Å². The van der Waals surface area contributed by atoms with Crippen LogP contribution in [0.4, 0.5) is 5.82 Å². The Morgan fingerprint density at radius 2 is 2.24 bits per heavy atom. The van der Waals surface area contributed by atoms with Gasteiger partial charge in [0.05, 0.1) is 5.69 Å². The summed E-state index contributed by atoms with van der Waals surface area (Å²) in [4.78, 5) is 2.25. The van der Waals surface area contributed by atoms with Crippen molar-refractivity contribution in [2.45, 2.75) is 38.8 Å². The Hall–Kier alpha value is -1.54. The molecule has 2 heterocycles. The molecule has 1 fully saturated rings. The van der Waals surface area contributed by atoms with Crippen molar-refractivity contribution < 1.29 is 0 Å². The zero-order chi connectivity index (χ0) is 12.6. The topological polar surface area (TPSA) is 70.9 Å². The van der Waals surface area contributed by atoms with Gasteiger partial charge in [0.25, 0.3) is 0 Å². The maximum atomic E-state index is 9.23. The second-order valence-electron chi connectivity index (χ2n) is 4.85. The van der Waals surface area contributed by atoms with Crippen LogP contribution in [0.2, 0.25) is 0 Å². The van der Waals surface area contributed by atoms with Gasteiger partial charge in [-0.1, -0.05) is 0 Å². The molecule has 2 rings (SSSR count). The van der Waals surface area contributed by atoms with Crippen LogP contribution in [0.15, 0.2) is 0 Å². The molecule has 5 nitrogen and oxygen atoms in total. The molecule has 17 heavy (non-hydrogen) atoms. The van der Waals surface area contributed by atoms with Gasteiger partial charge in [-0.3, -0.25) is 4.68 Å². The lowest BCUT2D eigenvalue weighted by molar-refractivity contribution is 0.422. The fourth-order valence-electron chi connectivity index (χ4n) is 2.63. The molecule has 5 heteroatoms. The van der Waals surface area contributed by atoms with Crippen molar-refractivity contribution in [1.82, 2.24) is 9.78 Å². The molecule has 92 valence electrons. The maximum absolute atomic E-state index is 9.23. The van der Waals surface area contributed by atoms with Crippen LogP contribution in [0.25, 0.3) is 0 Å². The standard InChI is InChI=1S/C12H19N5/c1-8-6-10(14)4-5-17(8)12-11(7-13)9(2)15-16(12)3/h8,10H,4-6,14H2,1-3H3. The van der Waals surface area contributed by atoms with Gasteiger partial charge in [-0.05, 0) is 26.7 Å². The molecule has 2 N–H and O–H groups in total. The fourth-order valence-corrected chi connectivity index (χ4v) is 2.63. The van der Waals surface area contributed by atoms with Crippen LogP contribution < -0.4 is 10.6 Å². The van der Waals surface area contributed by atoms with E-state index < -0.39 is 0 Å². The normalized spacial score (nSPS) is 24.8. The van der Waals surface area contributed by atoms with Crippen molar-refractivity contribution in [3.8, 4) is 6.07 Å². The highest BCUT2D eigenvalue weighted by Crippen LogP contribution is 2.28. The number of nitrogens with two attached hydrogens (primary N) is 1. The molecule has 1 saturated heterocycles. The second kappa shape index (κ2) is 4.38. The zero-order valence-corrected chi connectivity index (χ0v) is 10.6. The number of rotatable bonds is 1. The van der Waals surface area contributed by atoms with Gasteiger partial charge < -0.3 is 10.6 Å². The van der Waals surface area contributed by atoms with Crippen molar-refractivity contribution in [2.75, 3.05) is 11.4 Å². The quantitative estimate of drug-likeness (QED) is 0.783. The Balaban J connectivity index is 2.37. The van der Waals surface area contributed by atoms with Crippen LogP contribution in [0.3, 0.4) is 0 Å². The van der Waals surface area contributed by atoms with Crippen LogP contribution in [0, 0.1) is 18.3 Å². The minimum absolute atomic E-state index is 0.279. The first-order valence-electron chi connectivity index (χ1n) is 6.00.